The number of oxime groups is 1. The molecular weight excluding hydrogens is 414 g/mol. The van der Waals surface area contributed by atoms with Crippen LogP contribution in [0.2, 0.25) is 5.02 Å². The Balaban J connectivity index is 1.58. The van der Waals surface area contributed by atoms with Crippen molar-refractivity contribution in [3.8, 4) is 11.5 Å². The predicted octanol–water partition coefficient (Wildman–Crippen LogP) is 5.66. The Kier molecular flexibility index (Phi) is 6.34. The summed E-state index contributed by atoms with van der Waals surface area (Å²) in [7, 11) is 0. The van der Waals surface area contributed by atoms with Gasteiger partial charge in [-0.25, -0.2) is 4.79 Å². The van der Waals surface area contributed by atoms with Gasteiger partial charge in [0.15, 0.2) is 11.5 Å². The lowest BCUT2D eigenvalue weighted by molar-refractivity contribution is -0.136. The molecule has 3 aromatic carbocycles. The predicted molar refractivity (Wildman–Crippen MR) is 120 cm³/mol. The van der Waals surface area contributed by atoms with Gasteiger partial charge in [-0.1, -0.05) is 65.3 Å². The van der Waals surface area contributed by atoms with Gasteiger partial charge in [-0.2, -0.15) is 0 Å². The van der Waals surface area contributed by atoms with Gasteiger partial charge >= 0.3 is 5.97 Å². The highest BCUT2D eigenvalue weighted by atomic mass is 35.5. The lowest BCUT2D eigenvalue weighted by Gasteiger charge is -2.13. The van der Waals surface area contributed by atoms with Crippen molar-refractivity contribution in [3.63, 3.8) is 0 Å². The molecule has 31 heavy (non-hydrogen) atoms. The summed E-state index contributed by atoms with van der Waals surface area (Å²) in [5.74, 6) is 0.722. The Bertz CT molecular complexity index is 1140. The molecule has 0 spiro atoms. The van der Waals surface area contributed by atoms with E-state index in [0.29, 0.717) is 41.0 Å². The van der Waals surface area contributed by atoms with E-state index in [2.05, 4.69) is 5.16 Å². The zero-order valence-corrected chi connectivity index (χ0v) is 17.6. The molecule has 1 aliphatic heterocycles. The van der Waals surface area contributed by atoms with Crippen molar-refractivity contribution in [2.24, 2.45) is 5.16 Å². The van der Waals surface area contributed by atoms with Crippen molar-refractivity contribution in [1.82, 2.24) is 0 Å². The van der Waals surface area contributed by atoms with Gasteiger partial charge < -0.3 is 14.3 Å². The molecule has 6 heteroatoms. The summed E-state index contributed by atoms with van der Waals surface area (Å²) in [6.07, 6.45) is 1.74. The topological polar surface area (TPSA) is 57.1 Å². The third kappa shape index (κ3) is 4.95. The molecule has 0 saturated carbocycles. The van der Waals surface area contributed by atoms with Gasteiger partial charge in [0.1, 0.15) is 12.3 Å². The Morgan fingerprint density at radius 1 is 0.968 bits per heavy atom. The van der Waals surface area contributed by atoms with Gasteiger partial charge in [-0.05, 0) is 48.4 Å². The van der Waals surface area contributed by atoms with Crippen LogP contribution in [-0.2, 0) is 16.2 Å². The third-order valence-electron chi connectivity index (χ3n) is 4.63. The number of carbonyl (C=O) groups excluding carboxylic acids is 1. The number of nitrogens with zero attached hydrogens (tertiary/aromatic N) is 1. The lowest BCUT2D eigenvalue weighted by atomic mass is 10.0. The van der Waals surface area contributed by atoms with E-state index in [4.69, 9.17) is 25.9 Å². The number of halogens is 1. The van der Waals surface area contributed by atoms with E-state index in [1.165, 1.54) is 0 Å². The Hall–Kier alpha value is -3.57. The molecule has 0 unspecified atom stereocenters. The maximum atomic E-state index is 12.3. The molecule has 0 aliphatic carbocycles. The fraction of sp³-hybridized carbons (Fsp3) is 0.120. The fourth-order valence-electron chi connectivity index (χ4n) is 3.12. The number of benzene rings is 3. The summed E-state index contributed by atoms with van der Waals surface area (Å²) < 4.78 is 11.7. The highest BCUT2D eigenvalue weighted by Gasteiger charge is 2.26. The van der Waals surface area contributed by atoms with E-state index in [1.54, 1.807) is 6.08 Å². The molecule has 4 rings (SSSR count). The molecule has 156 valence electrons. The molecule has 0 atom stereocenters. The quantitative estimate of drug-likeness (QED) is 0.356. The second-order valence-electron chi connectivity index (χ2n) is 6.80. The SMILES string of the molecule is CCOc1cc(/C=C2/C(=O)ON=C2c2ccccc2)ccc1OCc1ccc(Cl)cc1. The maximum absolute atomic E-state index is 12.3. The third-order valence-corrected chi connectivity index (χ3v) is 4.88. The average Bonchev–Trinajstić information content (AvgIpc) is 3.15. The van der Waals surface area contributed by atoms with Crippen LogP contribution in [0.4, 0.5) is 0 Å². The average molecular weight is 434 g/mol. The van der Waals surface area contributed by atoms with Crippen LogP contribution < -0.4 is 9.47 Å². The van der Waals surface area contributed by atoms with Gasteiger partial charge in [-0.15, -0.1) is 0 Å². The van der Waals surface area contributed by atoms with Crippen molar-refractivity contribution in [2.75, 3.05) is 6.61 Å². The molecule has 0 N–H and O–H groups in total. The molecule has 0 amide bonds. The number of hydrogen-bond acceptors (Lipinski definition) is 5. The summed E-state index contributed by atoms with van der Waals surface area (Å²) in [6.45, 7) is 2.77. The van der Waals surface area contributed by atoms with Crippen molar-refractivity contribution < 1.29 is 19.1 Å². The molecule has 0 radical (unpaired) electrons. The number of ether oxygens (including phenoxy) is 2. The zero-order chi connectivity index (χ0) is 21.6. The van der Waals surface area contributed by atoms with E-state index in [0.717, 1.165) is 16.7 Å². The summed E-state index contributed by atoms with van der Waals surface area (Å²) >= 11 is 5.93. The van der Waals surface area contributed by atoms with Crippen LogP contribution in [0.5, 0.6) is 11.5 Å². The lowest BCUT2D eigenvalue weighted by Crippen LogP contribution is -2.06. The van der Waals surface area contributed by atoms with E-state index in [-0.39, 0.29) is 0 Å². The largest absolute Gasteiger partial charge is 0.490 e. The first kappa shape index (κ1) is 20.7. The first-order chi connectivity index (χ1) is 15.1. The van der Waals surface area contributed by atoms with Crippen LogP contribution in [0.1, 0.15) is 23.6 Å². The first-order valence-electron chi connectivity index (χ1n) is 9.85. The van der Waals surface area contributed by atoms with Crippen LogP contribution in [0, 0.1) is 0 Å². The van der Waals surface area contributed by atoms with E-state index < -0.39 is 5.97 Å². The van der Waals surface area contributed by atoms with Crippen LogP contribution >= 0.6 is 11.6 Å². The molecule has 3 aromatic rings. The highest BCUT2D eigenvalue weighted by Crippen LogP contribution is 2.31. The Morgan fingerprint density at radius 2 is 1.74 bits per heavy atom. The summed E-state index contributed by atoms with van der Waals surface area (Å²) in [6, 6.07) is 22.4. The summed E-state index contributed by atoms with van der Waals surface area (Å²) in [5.41, 5.74) is 3.48. The monoisotopic (exact) mass is 433 g/mol. The van der Waals surface area contributed by atoms with Gasteiger partial charge in [0.25, 0.3) is 0 Å². The van der Waals surface area contributed by atoms with Crippen molar-refractivity contribution >= 4 is 29.4 Å². The van der Waals surface area contributed by atoms with Crippen LogP contribution in [0.25, 0.3) is 6.08 Å². The molecule has 0 bridgehead atoms. The number of hydrogen-bond donors (Lipinski definition) is 0. The molecule has 0 aromatic heterocycles. The minimum atomic E-state index is -0.486. The normalized spacial score (nSPS) is 14.3. The van der Waals surface area contributed by atoms with Crippen LogP contribution in [0.3, 0.4) is 0 Å². The standard InChI is InChI=1S/C25H20ClNO4/c1-2-29-23-15-18(10-13-22(23)30-16-17-8-11-20(26)12-9-17)14-21-24(27-31-25(21)28)19-6-4-3-5-7-19/h3-15H,2,16H2,1H3/b21-14+. The Labute approximate surface area is 185 Å². The van der Waals surface area contributed by atoms with Crippen molar-refractivity contribution in [3.05, 3.63) is 100 Å². The first-order valence-corrected chi connectivity index (χ1v) is 10.2. The number of carbonyl (C=O) groups is 1. The van der Waals surface area contributed by atoms with E-state index in [1.807, 2.05) is 79.7 Å². The highest BCUT2D eigenvalue weighted by molar-refractivity contribution is 6.31. The minimum absolute atomic E-state index is 0.384. The zero-order valence-electron chi connectivity index (χ0n) is 16.9. The van der Waals surface area contributed by atoms with Gasteiger partial charge in [0.2, 0.25) is 0 Å². The van der Waals surface area contributed by atoms with E-state index >= 15 is 0 Å². The molecular formula is C25H20ClNO4. The second-order valence-corrected chi connectivity index (χ2v) is 7.23. The van der Waals surface area contributed by atoms with Crippen molar-refractivity contribution in [2.45, 2.75) is 13.5 Å². The Morgan fingerprint density at radius 3 is 2.48 bits per heavy atom. The summed E-state index contributed by atoms with van der Waals surface area (Å²) in [5, 5.41) is 4.62. The molecule has 1 aliphatic rings. The smallest absolute Gasteiger partial charge is 0.368 e. The summed E-state index contributed by atoms with van der Waals surface area (Å²) in [4.78, 5) is 17.2. The molecule has 1 heterocycles. The van der Waals surface area contributed by atoms with E-state index in [9.17, 15) is 4.79 Å². The number of rotatable bonds is 7. The van der Waals surface area contributed by atoms with Crippen LogP contribution in [0.15, 0.2) is 83.5 Å². The molecule has 0 saturated heterocycles. The van der Waals surface area contributed by atoms with Crippen LogP contribution in [-0.4, -0.2) is 18.3 Å². The van der Waals surface area contributed by atoms with Crippen molar-refractivity contribution in [1.29, 1.82) is 0 Å². The van der Waals surface area contributed by atoms with Gasteiger partial charge in [-0.3, -0.25) is 0 Å². The maximum Gasteiger partial charge on any atom is 0.368 e. The van der Waals surface area contributed by atoms with Gasteiger partial charge in [0, 0.05) is 10.6 Å². The van der Waals surface area contributed by atoms with Gasteiger partial charge in [0.05, 0.1) is 12.2 Å². The second kappa shape index (κ2) is 9.49. The molecule has 5 nitrogen and oxygen atoms in total. The minimum Gasteiger partial charge on any atom is -0.490 e. The molecule has 0 fully saturated rings. The fourth-order valence-corrected chi connectivity index (χ4v) is 3.25.